The Morgan fingerprint density at radius 2 is 2.00 bits per heavy atom. The number of nitrogens with zero attached hydrogens (tertiary/aromatic N) is 2. The van der Waals surface area contributed by atoms with Crippen LogP contribution in [0.4, 0.5) is 11.4 Å². The van der Waals surface area contributed by atoms with Crippen molar-refractivity contribution >= 4 is 17.3 Å². The van der Waals surface area contributed by atoms with E-state index in [0.717, 1.165) is 12.0 Å². The average Bonchev–Trinajstić information content (AvgIpc) is 2.77. The number of anilines is 2. The number of rotatable bonds is 5. The zero-order chi connectivity index (χ0) is 15.4. The van der Waals surface area contributed by atoms with Crippen LogP contribution in [0.3, 0.4) is 0 Å². The molecule has 0 unspecified atom stereocenters. The molecule has 0 spiro atoms. The second-order valence-electron chi connectivity index (χ2n) is 4.99. The van der Waals surface area contributed by atoms with Crippen molar-refractivity contribution in [3.8, 4) is 0 Å². The molecule has 6 heteroatoms. The molecule has 1 amide bonds. The Labute approximate surface area is 123 Å². The van der Waals surface area contributed by atoms with Crippen molar-refractivity contribution in [1.29, 1.82) is 0 Å². The summed E-state index contributed by atoms with van der Waals surface area (Å²) in [5.74, 6) is -0.271. The Hall–Kier alpha value is -2.50. The van der Waals surface area contributed by atoms with Gasteiger partial charge in [-0.1, -0.05) is 19.1 Å². The van der Waals surface area contributed by atoms with Crippen LogP contribution in [0, 0.1) is 6.92 Å². The number of benzene rings is 1. The topological polar surface area (TPSA) is 82.1 Å². The van der Waals surface area contributed by atoms with E-state index in [4.69, 9.17) is 5.73 Å². The molecule has 6 nitrogen and oxygen atoms in total. The number of nitrogens with one attached hydrogen (secondary N) is 1. The molecule has 1 heterocycles. The molecule has 0 saturated heterocycles. The summed E-state index contributed by atoms with van der Waals surface area (Å²) in [5, 5.41) is 2.76. The van der Waals surface area contributed by atoms with Gasteiger partial charge < -0.3 is 11.1 Å². The number of nitrogens with two attached hydrogens (primary N) is 1. The van der Waals surface area contributed by atoms with Gasteiger partial charge in [-0.3, -0.25) is 13.9 Å². The molecule has 2 rings (SSSR count). The molecule has 2 aromatic rings. The molecular formula is C15H20N4O2. The summed E-state index contributed by atoms with van der Waals surface area (Å²) >= 11 is 0. The monoisotopic (exact) mass is 288 g/mol. The molecule has 0 radical (unpaired) electrons. The van der Waals surface area contributed by atoms with E-state index in [1.165, 1.54) is 4.57 Å². The van der Waals surface area contributed by atoms with Gasteiger partial charge in [0.25, 0.3) is 0 Å². The van der Waals surface area contributed by atoms with Gasteiger partial charge in [0, 0.05) is 18.9 Å². The fraction of sp³-hybridized carbons (Fsp3) is 0.333. The van der Waals surface area contributed by atoms with E-state index in [1.54, 1.807) is 23.0 Å². The summed E-state index contributed by atoms with van der Waals surface area (Å²) in [4.78, 5) is 24.1. The molecule has 0 aliphatic rings. The van der Waals surface area contributed by atoms with Gasteiger partial charge in [0.05, 0.1) is 11.4 Å². The summed E-state index contributed by atoms with van der Waals surface area (Å²) in [6.45, 7) is 4.49. The SMILES string of the molecule is CCCn1ccn(CC(=O)Nc2c(C)cccc2N)c1=O. The van der Waals surface area contributed by atoms with Crippen LogP contribution in [0.2, 0.25) is 0 Å². The summed E-state index contributed by atoms with van der Waals surface area (Å²) in [6.07, 6.45) is 4.19. The molecular weight excluding hydrogens is 268 g/mol. The van der Waals surface area contributed by atoms with Crippen molar-refractivity contribution in [2.45, 2.75) is 33.4 Å². The van der Waals surface area contributed by atoms with Crippen molar-refractivity contribution in [1.82, 2.24) is 9.13 Å². The average molecular weight is 288 g/mol. The highest BCUT2D eigenvalue weighted by Crippen LogP contribution is 2.22. The van der Waals surface area contributed by atoms with Gasteiger partial charge in [-0.25, -0.2) is 4.79 Å². The maximum Gasteiger partial charge on any atom is 0.328 e. The number of aryl methyl sites for hydroxylation is 2. The first kappa shape index (κ1) is 14.9. The van der Waals surface area contributed by atoms with E-state index in [0.29, 0.717) is 17.9 Å². The second-order valence-corrected chi connectivity index (χ2v) is 4.99. The molecule has 0 bridgehead atoms. The summed E-state index contributed by atoms with van der Waals surface area (Å²) in [7, 11) is 0. The lowest BCUT2D eigenvalue weighted by molar-refractivity contribution is -0.116. The third-order valence-corrected chi connectivity index (χ3v) is 3.27. The largest absolute Gasteiger partial charge is 0.397 e. The van der Waals surface area contributed by atoms with Crippen LogP contribution >= 0.6 is 0 Å². The fourth-order valence-corrected chi connectivity index (χ4v) is 2.18. The number of hydrogen-bond acceptors (Lipinski definition) is 3. The van der Waals surface area contributed by atoms with Crippen molar-refractivity contribution < 1.29 is 4.79 Å². The third kappa shape index (κ3) is 3.34. The molecule has 21 heavy (non-hydrogen) atoms. The van der Waals surface area contributed by atoms with Crippen LogP contribution in [0.1, 0.15) is 18.9 Å². The quantitative estimate of drug-likeness (QED) is 0.820. The first-order valence-corrected chi connectivity index (χ1v) is 6.93. The van der Waals surface area contributed by atoms with Crippen LogP contribution in [-0.2, 0) is 17.9 Å². The molecule has 0 atom stereocenters. The number of aromatic nitrogens is 2. The van der Waals surface area contributed by atoms with E-state index in [-0.39, 0.29) is 18.1 Å². The minimum absolute atomic E-state index is 0.0245. The van der Waals surface area contributed by atoms with Crippen LogP contribution in [0.5, 0.6) is 0 Å². The molecule has 0 aliphatic carbocycles. The van der Waals surface area contributed by atoms with Gasteiger partial charge in [-0.15, -0.1) is 0 Å². The third-order valence-electron chi connectivity index (χ3n) is 3.27. The minimum Gasteiger partial charge on any atom is -0.397 e. The number of imidazole rings is 1. The zero-order valence-corrected chi connectivity index (χ0v) is 12.3. The van der Waals surface area contributed by atoms with E-state index in [2.05, 4.69) is 5.32 Å². The van der Waals surface area contributed by atoms with E-state index >= 15 is 0 Å². The highest BCUT2D eigenvalue weighted by atomic mass is 16.2. The lowest BCUT2D eigenvalue weighted by Crippen LogP contribution is -2.29. The fourth-order valence-electron chi connectivity index (χ4n) is 2.18. The Balaban J connectivity index is 2.11. The maximum absolute atomic E-state index is 12.1. The Bertz CT molecular complexity index is 680. The van der Waals surface area contributed by atoms with Gasteiger partial charge >= 0.3 is 5.69 Å². The number of carbonyl (C=O) groups is 1. The molecule has 0 fully saturated rings. The number of nitrogen functional groups attached to an aromatic ring is 1. The molecule has 1 aromatic carbocycles. The molecule has 0 aliphatic heterocycles. The van der Waals surface area contributed by atoms with Gasteiger partial charge in [-0.2, -0.15) is 0 Å². The number of carbonyl (C=O) groups excluding carboxylic acids is 1. The van der Waals surface area contributed by atoms with Gasteiger partial charge in [0.15, 0.2) is 0 Å². The van der Waals surface area contributed by atoms with Crippen LogP contribution < -0.4 is 16.7 Å². The highest BCUT2D eigenvalue weighted by molar-refractivity contribution is 5.94. The van der Waals surface area contributed by atoms with Crippen molar-refractivity contribution in [3.63, 3.8) is 0 Å². The van der Waals surface area contributed by atoms with Gasteiger partial charge in [0.2, 0.25) is 5.91 Å². The van der Waals surface area contributed by atoms with E-state index in [9.17, 15) is 9.59 Å². The maximum atomic E-state index is 12.1. The van der Waals surface area contributed by atoms with Gasteiger partial charge in [0.1, 0.15) is 6.54 Å². The number of hydrogen-bond donors (Lipinski definition) is 2. The first-order chi connectivity index (χ1) is 10.0. The lowest BCUT2D eigenvalue weighted by atomic mass is 10.1. The van der Waals surface area contributed by atoms with Crippen molar-refractivity contribution in [3.05, 3.63) is 46.6 Å². The Morgan fingerprint density at radius 3 is 2.67 bits per heavy atom. The van der Waals surface area contributed by atoms with Crippen molar-refractivity contribution in [2.24, 2.45) is 0 Å². The summed E-state index contributed by atoms with van der Waals surface area (Å²) < 4.78 is 2.98. The van der Waals surface area contributed by atoms with E-state index in [1.807, 2.05) is 26.0 Å². The smallest absolute Gasteiger partial charge is 0.328 e. The first-order valence-electron chi connectivity index (χ1n) is 6.93. The van der Waals surface area contributed by atoms with Crippen LogP contribution in [0.15, 0.2) is 35.4 Å². The second kappa shape index (κ2) is 6.30. The van der Waals surface area contributed by atoms with Gasteiger partial charge in [-0.05, 0) is 25.0 Å². The van der Waals surface area contributed by atoms with Crippen LogP contribution in [-0.4, -0.2) is 15.0 Å². The summed E-state index contributed by atoms with van der Waals surface area (Å²) in [6, 6.07) is 5.43. The Morgan fingerprint density at radius 1 is 1.29 bits per heavy atom. The van der Waals surface area contributed by atoms with Crippen molar-refractivity contribution in [2.75, 3.05) is 11.1 Å². The standard InChI is InChI=1S/C15H20N4O2/c1-3-7-18-8-9-19(15(18)21)10-13(20)17-14-11(2)5-4-6-12(14)16/h4-6,8-9H,3,7,10,16H2,1-2H3,(H,17,20). The minimum atomic E-state index is -0.271. The molecule has 112 valence electrons. The number of para-hydroxylation sites is 1. The Kier molecular flexibility index (Phi) is 4.47. The van der Waals surface area contributed by atoms with Crippen LogP contribution in [0.25, 0.3) is 0 Å². The molecule has 1 aromatic heterocycles. The van der Waals surface area contributed by atoms with E-state index < -0.39 is 0 Å². The predicted molar refractivity (Wildman–Crippen MR) is 83.2 cm³/mol. The molecule has 0 saturated carbocycles. The zero-order valence-electron chi connectivity index (χ0n) is 12.3. The normalized spacial score (nSPS) is 10.6. The lowest BCUT2D eigenvalue weighted by Gasteiger charge is -2.11. The highest BCUT2D eigenvalue weighted by Gasteiger charge is 2.10. The predicted octanol–water partition coefficient (Wildman–Crippen LogP) is 1.59. The number of amides is 1. The molecule has 3 N–H and O–H groups in total. The summed E-state index contributed by atoms with van der Waals surface area (Å²) in [5.41, 5.74) is 7.67.